The quantitative estimate of drug-likeness (QED) is 0.585. The number of ether oxygens (including phenoxy) is 2. The van der Waals surface area contributed by atoms with Gasteiger partial charge in [0.1, 0.15) is 19.0 Å². The van der Waals surface area contributed by atoms with Crippen molar-refractivity contribution in [1.29, 1.82) is 0 Å². The molecule has 2 rings (SSSR count). The molecule has 1 aromatic rings. The minimum absolute atomic E-state index is 0.161. The van der Waals surface area contributed by atoms with Gasteiger partial charge in [0.2, 0.25) is 5.91 Å². The Morgan fingerprint density at radius 2 is 2.12 bits per heavy atom. The zero-order valence-electron chi connectivity index (χ0n) is 13.2. The fourth-order valence-electron chi connectivity index (χ4n) is 2.32. The van der Waals surface area contributed by atoms with Crippen LogP contribution in [0, 0.1) is 0 Å². The van der Waals surface area contributed by atoms with Gasteiger partial charge in [0.25, 0.3) is 0 Å². The van der Waals surface area contributed by atoms with Gasteiger partial charge < -0.3 is 14.4 Å². The topological polar surface area (TPSA) is 38.8 Å². The maximum Gasteiger partial charge on any atom is 0.330 e. The van der Waals surface area contributed by atoms with Gasteiger partial charge in [0.15, 0.2) is 0 Å². The molecule has 1 amide bonds. The zero-order chi connectivity index (χ0) is 17.7. The minimum Gasteiger partial charge on any atom is -0.491 e. The number of fused-ring (bicyclic) bond motifs is 1. The number of hydrogen-bond donors (Lipinski definition) is 0. The molecule has 0 aliphatic carbocycles. The molecule has 24 heavy (non-hydrogen) atoms. The summed E-state index contributed by atoms with van der Waals surface area (Å²) in [6.07, 6.45) is -3.95. The lowest BCUT2D eigenvalue weighted by molar-refractivity contribution is -0.167. The Balaban J connectivity index is 1.87. The average Bonchev–Trinajstić information content (AvgIpc) is 2.71. The molecule has 1 aliphatic rings. The number of benzene rings is 1. The van der Waals surface area contributed by atoms with E-state index < -0.39 is 19.0 Å². The molecule has 0 radical (unpaired) electrons. The van der Waals surface area contributed by atoms with Crippen molar-refractivity contribution < 1.29 is 31.8 Å². The Morgan fingerprint density at radius 3 is 2.83 bits per heavy atom. The van der Waals surface area contributed by atoms with E-state index in [1.54, 1.807) is 4.90 Å². The van der Waals surface area contributed by atoms with Crippen LogP contribution in [-0.4, -0.2) is 49.0 Å². The van der Waals surface area contributed by atoms with Crippen LogP contribution in [0.25, 0.3) is 0 Å². The number of halogens is 4. The summed E-state index contributed by atoms with van der Waals surface area (Å²) < 4.78 is 59.6. The molecule has 0 unspecified atom stereocenters. The van der Waals surface area contributed by atoms with Crippen LogP contribution in [-0.2, 0) is 16.1 Å². The molecule has 134 valence electrons. The molecule has 0 saturated carbocycles. The van der Waals surface area contributed by atoms with Gasteiger partial charge in [0, 0.05) is 12.1 Å². The van der Waals surface area contributed by atoms with E-state index >= 15 is 0 Å². The Morgan fingerprint density at radius 1 is 1.42 bits per heavy atom. The van der Waals surface area contributed by atoms with Crippen LogP contribution in [0.1, 0.15) is 18.9 Å². The minimum atomic E-state index is -4.20. The average molecular weight is 349 g/mol. The second-order valence-electron chi connectivity index (χ2n) is 5.65. The summed E-state index contributed by atoms with van der Waals surface area (Å²) >= 11 is 0. The first-order valence-electron chi connectivity index (χ1n) is 7.55. The summed E-state index contributed by atoms with van der Waals surface area (Å²) in [4.78, 5) is 13.9. The molecule has 0 N–H and O–H groups in total. The molecule has 4 nitrogen and oxygen atoms in total. The van der Waals surface area contributed by atoms with Crippen molar-refractivity contribution in [2.45, 2.75) is 38.3 Å². The third-order valence-electron chi connectivity index (χ3n) is 3.72. The van der Waals surface area contributed by atoms with Gasteiger partial charge in [-0.25, -0.2) is 8.78 Å². The number of rotatable bonds is 6. The third kappa shape index (κ3) is 4.59. The van der Waals surface area contributed by atoms with Crippen LogP contribution in [0.2, 0.25) is 0 Å². The van der Waals surface area contributed by atoms with Crippen LogP contribution < -0.4 is 4.74 Å². The predicted octanol–water partition coefficient (Wildman–Crippen LogP) is 3.10. The van der Waals surface area contributed by atoms with E-state index in [4.69, 9.17) is 4.74 Å². The molecule has 1 aromatic carbocycles. The van der Waals surface area contributed by atoms with Crippen LogP contribution in [0.4, 0.5) is 17.6 Å². The first-order chi connectivity index (χ1) is 11.3. The van der Waals surface area contributed by atoms with Gasteiger partial charge in [-0.3, -0.25) is 4.79 Å². The smallest absolute Gasteiger partial charge is 0.330 e. The van der Waals surface area contributed by atoms with Gasteiger partial charge in [0.05, 0.1) is 19.1 Å². The lowest BCUT2D eigenvalue weighted by Gasteiger charge is -2.26. The van der Waals surface area contributed by atoms with Crippen LogP contribution in [0.15, 0.2) is 24.3 Å². The van der Waals surface area contributed by atoms with E-state index in [9.17, 15) is 22.4 Å². The monoisotopic (exact) mass is 349 g/mol. The molecule has 0 spiro atoms. The molecular formula is C16H19F4NO3. The van der Waals surface area contributed by atoms with Crippen LogP contribution in [0.5, 0.6) is 5.75 Å². The van der Waals surface area contributed by atoms with Crippen molar-refractivity contribution in [3.8, 4) is 5.75 Å². The van der Waals surface area contributed by atoms with E-state index in [1.807, 2.05) is 31.2 Å². The van der Waals surface area contributed by atoms with E-state index in [1.165, 1.54) is 0 Å². The fourth-order valence-corrected chi connectivity index (χ4v) is 2.32. The van der Waals surface area contributed by atoms with E-state index in [0.29, 0.717) is 18.9 Å². The Labute approximate surface area is 137 Å². The van der Waals surface area contributed by atoms with Crippen molar-refractivity contribution in [3.63, 3.8) is 0 Å². The molecule has 0 saturated heterocycles. The number of para-hydroxylation sites is 1. The molecular weight excluding hydrogens is 330 g/mol. The number of hydrogen-bond acceptors (Lipinski definition) is 3. The summed E-state index contributed by atoms with van der Waals surface area (Å²) in [6, 6.07) is 7.11. The van der Waals surface area contributed by atoms with Crippen molar-refractivity contribution >= 4 is 5.91 Å². The summed E-state index contributed by atoms with van der Waals surface area (Å²) in [6.45, 7) is 0.721. The number of carbonyl (C=O) groups excluding carboxylic acids is 1. The van der Waals surface area contributed by atoms with Crippen LogP contribution >= 0.6 is 0 Å². The highest BCUT2D eigenvalue weighted by atomic mass is 19.3. The van der Waals surface area contributed by atoms with Gasteiger partial charge >= 0.3 is 12.3 Å². The van der Waals surface area contributed by atoms with Gasteiger partial charge in [-0.05, 0) is 13.0 Å². The van der Waals surface area contributed by atoms with E-state index in [-0.39, 0.29) is 25.0 Å². The van der Waals surface area contributed by atoms with Gasteiger partial charge in [-0.15, -0.1) is 0 Å². The summed E-state index contributed by atoms with van der Waals surface area (Å²) in [7, 11) is 0. The predicted molar refractivity (Wildman–Crippen MR) is 78.3 cm³/mol. The van der Waals surface area contributed by atoms with E-state index in [2.05, 4.69) is 4.74 Å². The highest BCUT2D eigenvalue weighted by Gasteiger charge is 2.41. The highest BCUT2D eigenvalue weighted by molar-refractivity contribution is 5.76. The molecule has 1 aliphatic heterocycles. The Bertz CT molecular complexity index is 568. The van der Waals surface area contributed by atoms with Gasteiger partial charge in [-0.1, -0.05) is 18.2 Å². The molecule has 0 bridgehead atoms. The lowest BCUT2D eigenvalue weighted by atomic mass is 10.1. The molecule has 1 heterocycles. The SMILES string of the molecule is C[C@@H]1COc2ccccc2CN1C(=O)CCOCC(F)(F)C(F)F. The van der Waals surface area contributed by atoms with Crippen molar-refractivity contribution in [2.24, 2.45) is 0 Å². The van der Waals surface area contributed by atoms with Gasteiger partial charge in [-0.2, -0.15) is 8.78 Å². The van der Waals surface area contributed by atoms with Crippen molar-refractivity contribution in [2.75, 3.05) is 19.8 Å². The Hall–Kier alpha value is -1.83. The first kappa shape index (κ1) is 18.5. The maximum atomic E-state index is 12.7. The summed E-state index contributed by atoms with van der Waals surface area (Å²) in [5.74, 6) is -3.80. The van der Waals surface area contributed by atoms with Crippen LogP contribution in [0.3, 0.4) is 0 Å². The number of carbonyl (C=O) groups is 1. The third-order valence-corrected chi connectivity index (χ3v) is 3.72. The van der Waals surface area contributed by atoms with Crippen molar-refractivity contribution in [3.05, 3.63) is 29.8 Å². The number of alkyl halides is 4. The fraction of sp³-hybridized carbons (Fsp3) is 0.562. The first-order valence-corrected chi connectivity index (χ1v) is 7.55. The molecule has 0 fully saturated rings. The second-order valence-corrected chi connectivity index (χ2v) is 5.65. The molecule has 0 aromatic heterocycles. The normalized spacial score (nSPS) is 18.1. The second kappa shape index (κ2) is 7.83. The highest BCUT2D eigenvalue weighted by Crippen LogP contribution is 2.25. The van der Waals surface area contributed by atoms with Crippen molar-refractivity contribution in [1.82, 2.24) is 4.90 Å². The number of nitrogens with zero attached hydrogens (tertiary/aromatic N) is 1. The maximum absolute atomic E-state index is 12.7. The standard InChI is InChI=1S/C16H19F4NO3/c1-11-9-24-13-5-3-2-4-12(13)8-21(11)14(22)6-7-23-10-16(19,20)15(17)18/h2-5,11,15H,6-10H2,1H3/t11-/m1/s1. The summed E-state index contributed by atoms with van der Waals surface area (Å²) in [5.41, 5.74) is 0.848. The van der Waals surface area contributed by atoms with E-state index in [0.717, 1.165) is 5.56 Å². The zero-order valence-corrected chi connectivity index (χ0v) is 13.2. The summed E-state index contributed by atoms with van der Waals surface area (Å²) in [5, 5.41) is 0. The number of amides is 1. The molecule has 1 atom stereocenters. The lowest BCUT2D eigenvalue weighted by Crippen LogP contribution is -2.40. The Kier molecular flexibility index (Phi) is 6.04. The molecule has 8 heteroatoms. The largest absolute Gasteiger partial charge is 0.491 e.